The van der Waals surface area contributed by atoms with Gasteiger partial charge < -0.3 is 15.4 Å². The van der Waals surface area contributed by atoms with Crippen molar-refractivity contribution in [3.05, 3.63) is 58.9 Å². The van der Waals surface area contributed by atoms with Crippen molar-refractivity contribution in [2.75, 3.05) is 12.4 Å². The molecule has 0 fully saturated rings. The average molecular weight is 325 g/mol. The molecular weight excluding hydrogens is 311 g/mol. The third kappa shape index (κ3) is 4.31. The van der Waals surface area contributed by atoms with E-state index in [1.165, 1.54) is 6.07 Å². The largest absolute Gasteiger partial charge is 0.495 e. The van der Waals surface area contributed by atoms with Crippen LogP contribution in [0.25, 0.3) is 0 Å². The number of methoxy groups -OCH3 is 1. The third-order valence-electron chi connectivity index (χ3n) is 2.81. The van der Waals surface area contributed by atoms with Gasteiger partial charge in [-0.2, -0.15) is 0 Å². The summed E-state index contributed by atoms with van der Waals surface area (Å²) < 4.78 is 18.9. The summed E-state index contributed by atoms with van der Waals surface area (Å²) in [6, 6.07) is 11.9. The molecule has 110 valence electrons. The molecule has 0 aliphatic carbocycles. The van der Waals surface area contributed by atoms with Crippen molar-refractivity contribution in [2.45, 2.75) is 6.54 Å². The van der Waals surface area contributed by atoms with Crippen molar-refractivity contribution in [1.82, 2.24) is 5.32 Å². The minimum absolute atomic E-state index is 0.268. The van der Waals surface area contributed by atoms with Gasteiger partial charge in [-0.3, -0.25) is 0 Å². The van der Waals surface area contributed by atoms with Gasteiger partial charge in [0.2, 0.25) is 0 Å². The van der Waals surface area contributed by atoms with E-state index in [1.807, 2.05) is 24.3 Å². The molecule has 0 bridgehead atoms. The maximum atomic E-state index is 13.6. The number of para-hydroxylation sites is 2. The highest BCUT2D eigenvalue weighted by Crippen LogP contribution is 2.22. The molecule has 21 heavy (non-hydrogen) atoms. The fourth-order valence-corrected chi connectivity index (χ4v) is 2.10. The zero-order valence-corrected chi connectivity index (χ0v) is 12.9. The number of rotatable bonds is 4. The summed E-state index contributed by atoms with van der Waals surface area (Å²) in [5.41, 5.74) is 1.23. The lowest BCUT2D eigenvalue weighted by Gasteiger charge is -2.13. The highest BCUT2D eigenvalue weighted by atomic mass is 35.5. The van der Waals surface area contributed by atoms with Crippen LogP contribution in [0.3, 0.4) is 0 Å². The molecule has 0 aromatic heterocycles. The summed E-state index contributed by atoms with van der Waals surface area (Å²) >= 11 is 10.9. The van der Waals surface area contributed by atoms with E-state index in [1.54, 1.807) is 19.2 Å². The minimum atomic E-state index is -0.366. The van der Waals surface area contributed by atoms with Gasteiger partial charge in [-0.1, -0.05) is 29.8 Å². The number of nitrogens with one attached hydrogen (secondary N) is 2. The third-order valence-corrected chi connectivity index (χ3v) is 3.29. The summed E-state index contributed by atoms with van der Waals surface area (Å²) in [4.78, 5) is 0. The first-order valence-electron chi connectivity index (χ1n) is 6.22. The maximum Gasteiger partial charge on any atom is 0.171 e. The minimum Gasteiger partial charge on any atom is -0.495 e. The van der Waals surface area contributed by atoms with Crippen LogP contribution >= 0.6 is 23.8 Å². The number of halogens is 2. The van der Waals surface area contributed by atoms with Gasteiger partial charge in [0.25, 0.3) is 0 Å². The molecule has 0 amide bonds. The Bertz CT molecular complexity index is 651. The van der Waals surface area contributed by atoms with Gasteiger partial charge in [-0.15, -0.1) is 0 Å². The van der Waals surface area contributed by atoms with E-state index in [-0.39, 0.29) is 12.4 Å². The van der Waals surface area contributed by atoms with E-state index in [0.29, 0.717) is 21.4 Å². The lowest BCUT2D eigenvalue weighted by molar-refractivity contribution is 0.417. The molecule has 2 aromatic carbocycles. The number of ether oxygens (including phenoxy) is 1. The molecule has 0 aliphatic heterocycles. The standard InChI is InChI=1S/C15H14ClFN2OS/c1-20-14-5-3-2-4-13(14)19-15(21)18-9-10-6-7-11(16)8-12(10)17/h2-8H,9H2,1H3,(H2,18,19,21). The van der Waals surface area contributed by atoms with Gasteiger partial charge in [-0.25, -0.2) is 4.39 Å². The second kappa shape index (κ2) is 7.24. The zero-order chi connectivity index (χ0) is 15.2. The Hall–Kier alpha value is -1.85. The zero-order valence-electron chi connectivity index (χ0n) is 11.3. The lowest BCUT2D eigenvalue weighted by atomic mass is 10.2. The van der Waals surface area contributed by atoms with E-state index in [9.17, 15) is 4.39 Å². The van der Waals surface area contributed by atoms with Crippen LogP contribution in [-0.2, 0) is 6.54 Å². The second-order valence-corrected chi connectivity index (χ2v) is 5.09. The fourth-order valence-electron chi connectivity index (χ4n) is 1.75. The first-order valence-corrected chi connectivity index (χ1v) is 7.00. The van der Waals surface area contributed by atoms with Gasteiger partial charge in [0, 0.05) is 17.1 Å². The lowest BCUT2D eigenvalue weighted by Crippen LogP contribution is -2.28. The number of hydrogen-bond acceptors (Lipinski definition) is 2. The molecule has 2 N–H and O–H groups in total. The summed E-state index contributed by atoms with van der Waals surface area (Å²) in [7, 11) is 1.58. The quantitative estimate of drug-likeness (QED) is 0.834. The van der Waals surface area contributed by atoms with Crippen molar-refractivity contribution in [3.8, 4) is 5.75 Å². The molecule has 0 saturated heterocycles. The summed E-state index contributed by atoms with van der Waals surface area (Å²) in [5.74, 6) is 0.314. The first-order chi connectivity index (χ1) is 10.1. The Morgan fingerprint density at radius 2 is 2.05 bits per heavy atom. The summed E-state index contributed by atoms with van der Waals surface area (Å²) in [6.45, 7) is 0.268. The van der Waals surface area contributed by atoms with E-state index in [2.05, 4.69) is 10.6 Å². The molecule has 0 saturated carbocycles. The van der Waals surface area contributed by atoms with Gasteiger partial charge in [0.15, 0.2) is 5.11 Å². The van der Waals surface area contributed by atoms with E-state index in [4.69, 9.17) is 28.6 Å². The Morgan fingerprint density at radius 3 is 2.76 bits per heavy atom. The Labute approximate surface area is 133 Å². The molecule has 2 rings (SSSR count). The average Bonchev–Trinajstić information content (AvgIpc) is 2.47. The molecule has 2 aromatic rings. The SMILES string of the molecule is COc1ccccc1NC(=S)NCc1ccc(Cl)cc1F. The first kappa shape index (κ1) is 15.5. The van der Waals surface area contributed by atoms with Crippen LogP contribution in [0, 0.1) is 5.82 Å². The summed E-state index contributed by atoms with van der Waals surface area (Å²) in [5, 5.41) is 6.70. The van der Waals surface area contributed by atoms with Crippen molar-refractivity contribution < 1.29 is 9.13 Å². The summed E-state index contributed by atoms with van der Waals surface area (Å²) in [6.07, 6.45) is 0. The van der Waals surface area contributed by atoms with Crippen LogP contribution in [0.5, 0.6) is 5.75 Å². The molecule has 0 spiro atoms. The van der Waals surface area contributed by atoms with Crippen molar-refractivity contribution >= 4 is 34.6 Å². The van der Waals surface area contributed by atoms with E-state index >= 15 is 0 Å². The molecule has 6 heteroatoms. The molecule has 0 unspecified atom stereocenters. The maximum absolute atomic E-state index is 13.6. The molecule has 0 heterocycles. The Kier molecular flexibility index (Phi) is 5.36. The van der Waals surface area contributed by atoms with Gasteiger partial charge >= 0.3 is 0 Å². The molecule has 0 atom stereocenters. The second-order valence-electron chi connectivity index (χ2n) is 4.24. The smallest absolute Gasteiger partial charge is 0.171 e. The van der Waals surface area contributed by atoms with E-state index < -0.39 is 0 Å². The highest BCUT2D eigenvalue weighted by Gasteiger charge is 2.06. The predicted molar refractivity (Wildman–Crippen MR) is 87.5 cm³/mol. The van der Waals surface area contributed by atoms with Crippen LogP contribution in [-0.4, -0.2) is 12.2 Å². The number of hydrogen-bond donors (Lipinski definition) is 2. The number of anilines is 1. The van der Waals surface area contributed by atoms with Crippen molar-refractivity contribution in [2.24, 2.45) is 0 Å². The topological polar surface area (TPSA) is 33.3 Å². The van der Waals surface area contributed by atoms with Crippen molar-refractivity contribution in [1.29, 1.82) is 0 Å². The highest BCUT2D eigenvalue weighted by molar-refractivity contribution is 7.80. The van der Waals surface area contributed by atoms with Crippen LogP contribution in [0.4, 0.5) is 10.1 Å². The molecule has 0 aliphatic rings. The molecule has 0 radical (unpaired) electrons. The fraction of sp³-hybridized carbons (Fsp3) is 0.133. The van der Waals surface area contributed by atoms with Gasteiger partial charge in [0.1, 0.15) is 11.6 Å². The molecular formula is C15H14ClFN2OS. The van der Waals surface area contributed by atoms with Gasteiger partial charge in [0.05, 0.1) is 12.8 Å². The normalized spacial score (nSPS) is 10.0. The molecule has 3 nitrogen and oxygen atoms in total. The van der Waals surface area contributed by atoms with Gasteiger partial charge in [-0.05, 0) is 36.5 Å². The van der Waals surface area contributed by atoms with Crippen LogP contribution in [0.2, 0.25) is 5.02 Å². The van der Waals surface area contributed by atoms with Crippen molar-refractivity contribution in [3.63, 3.8) is 0 Å². The predicted octanol–water partition coefficient (Wildman–Crippen LogP) is 3.97. The van der Waals surface area contributed by atoms with Crippen LogP contribution < -0.4 is 15.4 Å². The number of benzene rings is 2. The van der Waals surface area contributed by atoms with Crippen LogP contribution in [0.15, 0.2) is 42.5 Å². The number of thiocarbonyl (C=S) groups is 1. The monoisotopic (exact) mass is 324 g/mol. The van der Waals surface area contributed by atoms with Crippen LogP contribution in [0.1, 0.15) is 5.56 Å². The van der Waals surface area contributed by atoms with E-state index in [0.717, 1.165) is 5.69 Å². The Morgan fingerprint density at radius 1 is 1.29 bits per heavy atom. The Balaban J connectivity index is 1.96.